The standard InChI is InChI=1S/C9H14I2/c1-10-8-3-5-9(7-8,11-2)6-4-8/h1-7H2. The predicted molar refractivity (Wildman–Crippen MR) is 70.8 cm³/mol. The summed E-state index contributed by atoms with van der Waals surface area (Å²) in [5, 5.41) is 0. The second kappa shape index (κ2) is 2.86. The third kappa shape index (κ3) is 1.28. The highest BCUT2D eigenvalue weighted by Crippen LogP contribution is 2.62. The molecule has 0 aromatic heterocycles. The van der Waals surface area contributed by atoms with Gasteiger partial charge < -0.3 is 0 Å². The Balaban J connectivity index is 2.27. The summed E-state index contributed by atoms with van der Waals surface area (Å²) >= 11 is 0.520. The number of rotatable bonds is 2. The molecule has 0 atom stereocenters. The van der Waals surface area contributed by atoms with Crippen LogP contribution in [-0.2, 0) is 0 Å². The first-order chi connectivity index (χ1) is 5.24. The van der Waals surface area contributed by atoms with Gasteiger partial charge in [-0.05, 0) is 32.1 Å². The highest BCUT2D eigenvalue weighted by Gasteiger charge is 2.52. The lowest BCUT2D eigenvalue weighted by Gasteiger charge is -2.22. The second-order valence-electron chi connectivity index (χ2n) is 3.75. The fourth-order valence-corrected chi connectivity index (χ4v) is 7.76. The van der Waals surface area contributed by atoms with Gasteiger partial charge in [0.15, 0.2) is 0 Å². The molecule has 0 heterocycles. The van der Waals surface area contributed by atoms with E-state index < -0.39 is 0 Å². The zero-order valence-corrected chi connectivity index (χ0v) is 11.0. The molecule has 0 N–H and O–H groups in total. The first kappa shape index (κ1) is 8.78. The van der Waals surface area contributed by atoms with Crippen LogP contribution in [0, 0.1) is 0 Å². The molecule has 64 valence electrons. The van der Waals surface area contributed by atoms with E-state index in [4.69, 9.17) is 0 Å². The van der Waals surface area contributed by atoms with Crippen molar-refractivity contribution in [1.29, 1.82) is 0 Å². The van der Waals surface area contributed by atoms with E-state index in [2.05, 4.69) is 9.03 Å². The van der Waals surface area contributed by atoms with Crippen LogP contribution in [0.4, 0.5) is 0 Å². The Hall–Kier alpha value is 1.20. The third-order valence-electron chi connectivity index (χ3n) is 3.24. The van der Waals surface area contributed by atoms with Gasteiger partial charge in [0, 0.05) is 6.84 Å². The topological polar surface area (TPSA) is 0 Å². The van der Waals surface area contributed by atoms with Gasteiger partial charge in [-0.1, -0.05) is 9.03 Å². The number of fused-ring (bicyclic) bond motifs is 2. The normalized spacial score (nSPS) is 48.4. The highest BCUT2D eigenvalue weighted by molar-refractivity contribution is 14.2. The number of alkyl halides is 2. The molecule has 0 saturated heterocycles. The Morgan fingerprint density at radius 2 is 1.18 bits per heavy atom. The number of halogens is 2. The molecule has 0 amide bonds. The molecule has 2 saturated carbocycles. The van der Waals surface area contributed by atoms with E-state index in [0.29, 0.717) is 0 Å². The van der Waals surface area contributed by atoms with Crippen molar-refractivity contribution in [3.05, 3.63) is 0 Å². The smallest absolute Gasteiger partial charge is 0.0183 e. The molecular weight excluding hydrogens is 362 g/mol. The fraction of sp³-hybridized carbons (Fsp3) is 0.778. The molecule has 0 nitrogen and oxygen atoms in total. The molecule has 0 aromatic rings. The van der Waals surface area contributed by atoms with Crippen molar-refractivity contribution in [2.75, 3.05) is 0 Å². The molecule has 0 radical (unpaired) electrons. The van der Waals surface area contributed by atoms with Crippen molar-refractivity contribution in [2.45, 2.75) is 38.9 Å². The Kier molecular flexibility index (Phi) is 2.28. The van der Waals surface area contributed by atoms with Crippen molar-refractivity contribution in [1.82, 2.24) is 0 Å². The van der Waals surface area contributed by atoms with Crippen LogP contribution in [0.5, 0.6) is 0 Å². The first-order valence-electron chi connectivity index (χ1n) is 4.03. The molecule has 2 fully saturated rings. The van der Waals surface area contributed by atoms with E-state index in [1.54, 1.807) is 0 Å². The number of hydrogen-bond acceptors (Lipinski definition) is 0. The van der Waals surface area contributed by atoms with Gasteiger partial charge in [0.25, 0.3) is 0 Å². The molecule has 2 aliphatic rings. The van der Waals surface area contributed by atoms with Crippen molar-refractivity contribution in [2.24, 2.45) is 0 Å². The zero-order chi connectivity index (χ0) is 7.95. The van der Waals surface area contributed by atoms with Crippen LogP contribution in [0.25, 0.3) is 0 Å². The van der Waals surface area contributed by atoms with E-state index >= 15 is 0 Å². The average Bonchev–Trinajstić information content (AvgIpc) is 2.61. The summed E-state index contributed by atoms with van der Waals surface area (Å²) in [6.45, 7) is 0. The van der Waals surface area contributed by atoms with Crippen molar-refractivity contribution in [3.63, 3.8) is 0 Å². The molecule has 2 rings (SSSR count). The maximum Gasteiger partial charge on any atom is 0.0183 e. The minimum absolute atomic E-state index is 0.260. The molecule has 0 aliphatic heterocycles. The van der Waals surface area contributed by atoms with Crippen LogP contribution in [0.3, 0.4) is 0 Å². The Morgan fingerprint density at radius 3 is 1.36 bits per heavy atom. The lowest BCUT2D eigenvalue weighted by atomic mass is 10.0. The molecule has 2 bridgehead atoms. The summed E-state index contributed by atoms with van der Waals surface area (Å²) in [5.74, 6) is 0. The van der Waals surface area contributed by atoms with Gasteiger partial charge in [0.1, 0.15) is 0 Å². The van der Waals surface area contributed by atoms with Gasteiger partial charge in [-0.25, -0.2) is 0 Å². The van der Waals surface area contributed by atoms with Crippen LogP contribution >= 0.6 is 41.5 Å². The van der Waals surface area contributed by atoms with Gasteiger partial charge in [-0.15, -0.1) is 41.5 Å². The van der Waals surface area contributed by atoms with E-state index in [0.717, 1.165) is 6.84 Å². The average molecular weight is 376 g/mol. The maximum atomic E-state index is 4.20. The van der Waals surface area contributed by atoms with Crippen molar-refractivity contribution < 1.29 is 0 Å². The van der Waals surface area contributed by atoms with E-state index in [9.17, 15) is 0 Å². The summed E-state index contributed by atoms with van der Waals surface area (Å²) in [7, 11) is 0. The lowest BCUT2D eigenvalue weighted by molar-refractivity contribution is 0.553. The Bertz CT molecular complexity index is 178. The first-order valence-corrected chi connectivity index (χ1v) is 9.24. The van der Waals surface area contributed by atoms with Gasteiger partial charge in [-0.3, -0.25) is 0 Å². The van der Waals surface area contributed by atoms with E-state index in [1.807, 2.05) is 0 Å². The lowest BCUT2D eigenvalue weighted by Crippen LogP contribution is -2.13. The summed E-state index contributed by atoms with van der Waals surface area (Å²) in [5.41, 5.74) is 0. The van der Waals surface area contributed by atoms with Crippen LogP contribution < -0.4 is 0 Å². The quantitative estimate of drug-likeness (QED) is 0.513. The Labute approximate surface area is 88.6 Å². The number of hydrogen-bond donors (Lipinski definition) is 0. The summed E-state index contributed by atoms with van der Waals surface area (Å²) in [4.78, 5) is 0. The largest absolute Gasteiger partial charge is 0.124 e. The molecular formula is C9H14I2. The molecule has 11 heavy (non-hydrogen) atoms. The van der Waals surface area contributed by atoms with Crippen LogP contribution in [0.15, 0.2) is 0 Å². The molecule has 0 aromatic carbocycles. The molecule has 0 unspecified atom stereocenters. The SMILES string of the molecule is C=IC12CCC(I=C)(CC1)C2. The van der Waals surface area contributed by atoms with E-state index in [-0.39, 0.29) is 41.5 Å². The summed E-state index contributed by atoms with van der Waals surface area (Å²) in [6, 6.07) is 0. The van der Waals surface area contributed by atoms with Gasteiger partial charge in [0.2, 0.25) is 0 Å². The van der Waals surface area contributed by atoms with Crippen molar-refractivity contribution >= 4 is 50.5 Å². The van der Waals surface area contributed by atoms with Crippen LogP contribution in [0.2, 0.25) is 0 Å². The summed E-state index contributed by atoms with van der Waals surface area (Å²) < 4.78 is 10.0. The Morgan fingerprint density at radius 1 is 0.818 bits per heavy atom. The van der Waals surface area contributed by atoms with Crippen LogP contribution in [0.1, 0.15) is 32.1 Å². The third-order valence-corrected chi connectivity index (χ3v) is 9.40. The van der Waals surface area contributed by atoms with Gasteiger partial charge in [0.05, 0.1) is 0 Å². The van der Waals surface area contributed by atoms with Crippen molar-refractivity contribution in [3.8, 4) is 0 Å². The zero-order valence-electron chi connectivity index (χ0n) is 6.71. The molecule has 2 heteroatoms. The van der Waals surface area contributed by atoms with Gasteiger partial charge >= 0.3 is 0 Å². The van der Waals surface area contributed by atoms with Gasteiger partial charge in [-0.2, -0.15) is 0 Å². The molecule has 0 spiro atoms. The minimum atomic E-state index is 0.260. The fourth-order valence-electron chi connectivity index (χ4n) is 2.43. The highest BCUT2D eigenvalue weighted by atomic mass is 127. The predicted octanol–water partition coefficient (Wildman–Crippen LogP) is 3.25. The van der Waals surface area contributed by atoms with Crippen LogP contribution in [-0.4, -0.2) is 15.9 Å². The van der Waals surface area contributed by atoms with E-state index in [1.165, 1.54) is 32.1 Å². The molecule has 2 aliphatic carbocycles. The maximum absolute atomic E-state index is 4.20. The second-order valence-corrected chi connectivity index (χ2v) is 9.85. The minimum Gasteiger partial charge on any atom is -0.124 e. The monoisotopic (exact) mass is 376 g/mol. The summed E-state index contributed by atoms with van der Waals surface area (Å²) in [6.07, 6.45) is 7.59.